The highest BCUT2D eigenvalue weighted by Crippen LogP contribution is 2.09. The number of aryl methyl sites for hydroxylation is 1. The van der Waals surface area contributed by atoms with E-state index in [2.05, 4.69) is 43.1 Å². The third-order valence-corrected chi connectivity index (χ3v) is 2.69. The predicted octanol–water partition coefficient (Wildman–Crippen LogP) is 2.14. The van der Waals surface area contributed by atoms with Crippen LogP contribution in [0.25, 0.3) is 0 Å². The molecule has 0 spiro atoms. The van der Waals surface area contributed by atoms with Gasteiger partial charge in [-0.05, 0) is 38.1 Å². The Hall–Kier alpha value is -1.35. The Morgan fingerprint density at radius 2 is 2.06 bits per heavy atom. The summed E-state index contributed by atoms with van der Waals surface area (Å²) in [5.41, 5.74) is 8.02. The zero-order valence-electron chi connectivity index (χ0n) is 10.2. The molecule has 0 atom stereocenters. The minimum absolute atomic E-state index is 0.282. The number of hydrogen-bond acceptors (Lipinski definition) is 2. The van der Waals surface area contributed by atoms with Gasteiger partial charge in [0.25, 0.3) is 0 Å². The van der Waals surface area contributed by atoms with Gasteiger partial charge in [0, 0.05) is 13.0 Å². The van der Waals surface area contributed by atoms with Crippen molar-refractivity contribution in [2.75, 3.05) is 13.6 Å². The van der Waals surface area contributed by atoms with Gasteiger partial charge in [-0.25, -0.2) is 0 Å². The molecule has 0 bridgehead atoms. The normalized spacial score (nSPS) is 10.7. The van der Waals surface area contributed by atoms with Gasteiger partial charge >= 0.3 is 0 Å². The SMILES string of the molecule is Cc1ccccc1CN(C)CCCC(=N)N. The van der Waals surface area contributed by atoms with Crippen molar-refractivity contribution in [1.82, 2.24) is 4.90 Å². The fourth-order valence-corrected chi connectivity index (χ4v) is 1.70. The van der Waals surface area contributed by atoms with E-state index >= 15 is 0 Å². The summed E-state index contributed by atoms with van der Waals surface area (Å²) in [4.78, 5) is 2.27. The van der Waals surface area contributed by atoms with Crippen molar-refractivity contribution < 1.29 is 0 Å². The smallest absolute Gasteiger partial charge is 0.0905 e. The maximum atomic E-state index is 7.15. The molecule has 0 radical (unpaired) electrons. The van der Waals surface area contributed by atoms with Crippen LogP contribution in [0.1, 0.15) is 24.0 Å². The van der Waals surface area contributed by atoms with Gasteiger partial charge in [-0.15, -0.1) is 0 Å². The average molecular weight is 219 g/mol. The van der Waals surface area contributed by atoms with E-state index in [9.17, 15) is 0 Å². The number of nitrogens with two attached hydrogens (primary N) is 1. The standard InChI is InChI=1S/C13H21N3/c1-11-6-3-4-7-12(11)10-16(2)9-5-8-13(14)15/h3-4,6-7H,5,8-10H2,1-2H3,(H3,14,15). The monoisotopic (exact) mass is 219 g/mol. The van der Waals surface area contributed by atoms with Gasteiger partial charge in [0.1, 0.15) is 0 Å². The van der Waals surface area contributed by atoms with Gasteiger partial charge in [-0.1, -0.05) is 24.3 Å². The van der Waals surface area contributed by atoms with Crippen molar-refractivity contribution in [3.05, 3.63) is 35.4 Å². The van der Waals surface area contributed by atoms with Gasteiger partial charge in [0.05, 0.1) is 5.84 Å². The lowest BCUT2D eigenvalue weighted by Crippen LogP contribution is -2.21. The largest absolute Gasteiger partial charge is 0.388 e. The number of amidine groups is 1. The van der Waals surface area contributed by atoms with Gasteiger partial charge in [0.15, 0.2) is 0 Å². The predicted molar refractivity (Wildman–Crippen MR) is 68.7 cm³/mol. The Labute approximate surface area is 97.8 Å². The van der Waals surface area contributed by atoms with Crippen LogP contribution in [0.4, 0.5) is 0 Å². The first-order valence-corrected chi connectivity index (χ1v) is 5.65. The molecule has 0 saturated carbocycles. The first-order chi connectivity index (χ1) is 7.59. The minimum Gasteiger partial charge on any atom is -0.388 e. The minimum atomic E-state index is 0.282. The Morgan fingerprint density at radius 1 is 1.38 bits per heavy atom. The highest BCUT2D eigenvalue weighted by atomic mass is 15.1. The van der Waals surface area contributed by atoms with Crippen molar-refractivity contribution in [1.29, 1.82) is 5.41 Å². The highest BCUT2D eigenvalue weighted by Gasteiger charge is 2.02. The second-order valence-corrected chi connectivity index (χ2v) is 4.29. The topological polar surface area (TPSA) is 53.1 Å². The van der Waals surface area contributed by atoms with Gasteiger partial charge < -0.3 is 10.6 Å². The molecule has 0 aliphatic carbocycles. The zero-order valence-corrected chi connectivity index (χ0v) is 10.2. The number of hydrogen-bond donors (Lipinski definition) is 2. The molecule has 0 aliphatic rings. The molecule has 0 saturated heterocycles. The molecule has 0 aliphatic heterocycles. The Morgan fingerprint density at radius 3 is 2.69 bits per heavy atom. The molecule has 0 heterocycles. The first kappa shape index (κ1) is 12.7. The molecule has 3 heteroatoms. The van der Waals surface area contributed by atoms with Crippen LogP contribution in [0.2, 0.25) is 0 Å². The molecular weight excluding hydrogens is 198 g/mol. The molecule has 3 N–H and O–H groups in total. The van der Waals surface area contributed by atoms with Crippen LogP contribution in [0.5, 0.6) is 0 Å². The summed E-state index contributed by atoms with van der Waals surface area (Å²) < 4.78 is 0. The summed E-state index contributed by atoms with van der Waals surface area (Å²) in [6.07, 6.45) is 1.65. The van der Waals surface area contributed by atoms with Crippen molar-refractivity contribution in [3.63, 3.8) is 0 Å². The maximum Gasteiger partial charge on any atom is 0.0905 e. The summed E-state index contributed by atoms with van der Waals surface area (Å²) in [7, 11) is 2.10. The van der Waals surface area contributed by atoms with E-state index in [0.29, 0.717) is 6.42 Å². The van der Waals surface area contributed by atoms with Crippen LogP contribution in [-0.4, -0.2) is 24.3 Å². The number of nitrogens with zero attached hydrogens (tertiary/aromatic N) is 1. The molecule has 3 nitrogen and oxygen atoms in total. The fourth-order valence-electron chi connectivity index (χ4n) is 1.70. The maximum absolute atomic E-state index is 7.15. The second-order valence-electron chi connectivity index (χ2n) is 4.29. The van der Waals surface area contributed by atoms with Crippen molar-refractivity contribution in [2.45, 2.75) is 26.3 Å². The van der Waals surface area contributed by atoms with Crippen LogP contribution in [-0.2, 0) is 6.54 Å². The molecule has 0 unspecified atom stereocenters. The molecule has 0 aromatic heterocycles. The average Bonchev–Trinajstić information content (AvgIpc) is 2.21. The second kappa shape index (κ2) is 6.28. The Kier molecular flexibility index (Phi) is 4.99. The third-order valence-electron chi connectivity index (χ3n) is 2.69. The van der Waals surface area contributed by atoms with E-state index in [-0.39, 0.29) is 5.84 Å². The molecule has 1 aromatic rings. The van der Waals surface area contributed by atoms with Gasteiger partial charge in [0.2, 0.25) is 0 Å². The Balaban J connectivity index is 2.37. The van der Waals surface area contributed by atoms with Crippen molar-refractivity contribution >= 4 is 5.84 Å². The Bertz CT molecular complexity index is 347. The highest BCUT2D eigenvalue weighted by molar-refractivity contribution is 5.76. The summed E-state index contributed by atoms with van der Waals surface area (Å²) in [6.45, 7) is 4.08. The first-order valence-electron chi connectivity index (χ1n) is 5.65. The van der Waals surface area contributed by atoms with E-state index in [1.54, 1.807) is 0 Å². The van der Waals surface area contributed by atoms with E-state index in [1.807, 2.05) is 0 Å². The van der Waals surface area contributed by atoms with Gasteiger partial charge in [-0.2, -0.15) is 0 Å². The van der Waals surface area contributed by atoms with Crippen LogP contribution >= 0.6 is 0 Å². The van der Waals surface area contributed by atoms with Crippen LogP contribution in [0.3, 0.4) is 0 Å². The summed E-state index contributed by atoms with van der Waals surface area (Å²) in [6, 6.07) is 8.44. The lowest BCUT2D eigenvalue weighted by Gasteiger charge is -2.17. The molecule has 0 amide bonds. The zero-order chi connectivity index (χ0) is 12.0. The molecule has 1 rings (SSSR count). The third kappa shape index (κ3) is 4.45. The summed E-state index contributed by atoms with van der Waals surface area (Å²) in [5, 5.41) is 7.15. The van der Waals surface area contributed by atoms with E-state index < -0.39 is 0 Å². The lowest BCUT2D eigenvalue weighted by molar-refractivity contribution is 0.323. The molecule has 88 valence electrons. The lowest BCUT2D eigenvalue weighted by atomic mass is 10.1. The quantitative estimate of drug-likeness (QED) is 0.569. The summed E-state index contributed by atoms with van der Waals surface area (Å²) in [5.74, 6) is 0.282. The molecule has 16 heavy (non-hydrogen) atoms. The van der Waals surface area contributed by atoms with E-state index in [1.165, 1.54) is 11.1 Å². The van der Waals surface area contributed by atoms with Crippen LogP contribution in [0.15, 0.2) is 24.3 Å². The van der Waals surface area contributed by atoms with Crippen LogP contribution < -0.4 is 5.73 Å². The van der Waals surface area contributed by atoms with Crippen molar-refractivity contribution in [2.24, 2.45) is 5.73 Å². The van der Waals surface area contributed by atoms with Gasteiger partial charge in [-0.3, -0.25) is 5.41 Å². The van der Waals surface area contributed by atoms with Crippen LogP contribution in [0, 0.1) is 12.3 Å². The summed E-state index contributed by atoms with van der Waals surface area (Å²) >= 11 is 0. The number of rotatable bonds is 6. The van der Waals surface area contributed by atoms with E-state index in [4.69, 9.17) is 11.1 Å². The fraction of sp³-hybridized carbons (Fsp3) is 0.462. The van der Waals surface area contributed by atoms with E-state index in [0.717, 1.165) is 19.5 Å². The number of nitrogens with one attached hydrogen (secondary N) is 1. The number of benzene rings is 1. The molecule has 1 aromatic carbocycles. The molecular formula is C13H21N3. The van der Waals surface area contributed by atoms with Crippen molar-refractivity contribution in [3.8, 4) is 0 Å². The molecule has 0 fully saturated rings.